The van der Waals surface area contributed by atoms with Gasteiger partial charge < -0.3 is 0 Å². The Morgan fingerprint density at radius 2 is 1.89 bits per heavy atom. The van der Waals surface area contributed by atoms with Crippen LogP contribution in [0.1, 0.15) is 19.3 Å². The molecule has 96 valence electrons. The summed E-state index contributed by atoms with van der Waals surface area (Å²) < 4.78 is 0. The van der Waals surface area contributed by atoms with Crippen LogP contribution >= 0.6 is 0 Å². The molecule has 3 heteroatoms. The van der Waals surface area contributed by atoms with Crippen molar-refractivity contribution < 1.29 is 9.59 Å². The van der Waals surface area contributed by atoms with E-state index in [4.69, 9.17) is 0 Å². The van der Waals surface area contributed by atoms with Crippen LogP contribution in [0, 0.1) is 17.3 Å². The first-order chi connectivity index (χ1) is 9.21. The molecule has 1 heterocycles. The Labute approximate surface area is 111 Å². The summed E-state index contributed by atoms with van der Waals surface area (Å²) in [4.78, 5) is 26.5. The molecular weight excluding hydrogens is 238 g/mol. The van der Waals surface area contributed by atoms with Gasteiger partial charge in [-0.3, -0.25) is 14.5 Å². The molecule has 3 nitrogen and oxygen atoms in total. The quantitative estimate of drug-likeness (QED) is 0.569. The third-order valence-corrected chi connectivity index (χ3v) is 4.87. The Morgan fingerprint density at radius 1 is 1.11 bits per heavy atom. The Balaban J connectivity index is 1.75. The van der Waals surface area contributed by atoms with Crippen LogP contribution in [0.3, 0.4) is 0 Å². The molecule has 2 fully saturated rings. The summed E-state index contributed by atoms with van der Waals surface area (Å²) in [6, 6.07) is 9.28. The summed E-state index contributed by atoms with van der Waals surface area (Å²) >= 11 is 0. The van der Waals surface area contributed by atoms with Crippen molar-refractivity contribution in [3.05, 3.63) is 42.5 Å². The molecular formula is C16H15NO2. The molecule has 2 bridgehead atoms. The Morgan fingerprint density at radius 3 is 2.53 bits per heavy atom. The van der Waals surface area contributed by atoms with Crippen LogP contribution < -0.4 is 4.90 Å². The maximum atomic E-state index is 12.8. The van der Waals surface area contributed by atoms with Gasteiger partial charge in [0.25, 0.3) is 0 Å². The summed E-state index contributed by atoms with van der Waals surface area (Å²) in [6.07, 6.45) is 6.63. The van der Waals surface area contributed by atoms with Crippen molar-refractivity contribution in [2.75, 3.05) is 4.90 Å². The lowest BCUT2D eigenvalue weighted by Crippen LogP contribution is -2.38. The standard InChI is InChI=1S/C16H15NO2/c18-14-10-16(9-11-6-7-12(16)8-11)15(19)17(14)13-4-2-1-3-5-13/h1-7,11-12H,8-10H2. The maximum Gasteiger partial charge on any atom is 0.241 e. The fraction of sp³-hybridized carbons (Fsp3) is 0.375. The maximum absolute atomic E-state index is 12.8. The molecule has 2 amide bonds. The number of allylic oxidation sites excluding steroid dienone is 2. The van der Waals surface area contributed by atoms with Gasteiger partial charge in [0.1, 0.15) is 0 Å². The van der Waals surface area contributed by atoms with Gasteiger partial charge in [0.05, 0.1) is 11.1 Å². The molecule has 0 N–H and O–H groups in total. The summed E-state index contributed by atoms with van der Waals surface area (Å²) in [5.41, 5.74) is 0.271. The van der Waals surface area contributed by atoms with Gasteiger partial charge in [-0.05, 0) is 36.8 Å². The van der Waals surface area contributed by atoms with Crippen LogP contribution in [-0.2, 0) is 9.59 Å². The van der Waals surface area contributed by atoms with Crippen molar-refractivity contribution in [3.8, 4) is 0 Å². The molecule has 19 heavy (non-hydrogen) atoms. The largest absolute Gasteiger partial charge is 0.274 e. The van der Waals surface area contributed by atoms with Crippen molar-refractivity contribution >= 4 is 17.5 Å². The van der Waals surface area contributed by atoms with Gasteiger partial charge in [-0.25, -0.2) is 0 Å². The second-order valence-corrected chi connectivity index (χ2v) is 5.89. The average molecular weight is 253 g/mol. The Hall–Kier alpha value is -1.90. The Bertz CT molecular complexity index is 592. The zero-order chi connectivity index (χ0) is 13.0. The minimum Gasteiger partial charge on any atom is -0.274 e. The number of benzene rings is 1. The molecule has 4 rings (SSSR count). The van der Waals surface area contributed by atoms with Crippen molar-refractivity contribution in [3.63, 3.8) is 0 Å². The Kier molecular flexibility index (Phi) is 2.06. The van der Waals surface area contributed by atoms with Crippen molar-refractivity contribution in [2.24, 2.45) is 17.3 Å². The smallest absolute Gasteiger partial charge is 0.241 e. The van der Waals surface area contributed by atoms with E-state index in [2.05, 4.69) is 12.2 Å². The molecule has 1 aromatic rings. The van der Waals surface area contributed by atoms with Gasteiger partial charge in [0.15, 0.2) is 0 Å². The first-order valence-electron chi connectivity index (χ1n) is 6.81. The molecule has 1 aliphatic heterocycles. The molecule has 3 aliphatic rings. The summed E-state index contributed by atoms with van der Waals surface area (Å²) in [6.45, 7) is 0. The van der Waals surface area contributed by atoms with E-state index in [-0.39, 0.29) is 17.7 Å². The highest BCUT2D eigenvalue weighted by Gasteiger charge is 2.60. The van der Waals surface area contributed by atoms with Crippen molar-refractivity contribution in [2.45, 2.75) is 19.3 Å². The number of fused-ring (bicyclic) bond motifs is 3. The lowest BCUT2D eigenvalue weighted by atomic mass is 9.74. The van der Waals surface area contributed by atoms with Gasteiger partial charge in [-0.15, -0.1) is 0 Å². The lowest BCUT2D eigenvalue weighted by Gasteiger charge is -2.28. The fourth-order valence-electron chi connectivity index (χ4n) is 4.00. The lowest BCUT2D eigenvalue weighted by molar-refractivity contribution is -0.126. The van der Waals surface area contributed by atoms with E-state index in [0.717, 1.165) is 12.8 Å². The zero-order valence-electron chi connectivity index (χ0n) is 10.6. The predicted molar refractivity (Wildman–Crippen MR) is 71.3 cm³/mol. The molecule has 1 aromatic carbocycles. The van der Waals surface area contributed by atoms with E-state index in [9.17, 15) is 9.59 Å². The molecule has 2 aliphatic carbocycles. The van der Waals surface area contributed by atoms with Crippen LogP contribution in [0.4, 0.5) is 5.69 Å². The molecule has 1 saturated heterocycles. The number of amides is 2. The van der Waals surface area contributed by atoms with Crippen LogP contribution in [0.15, 0.2) is 42.5 Å². The summed E-state index contributed by atoms with van der Waals surface area (Å²) in [5.74, 6) is 0.734. The highest BCUT2D eigenvalue weighted by Crippen LogP contribution is 2.57. The summed E-state index contributed by atoms with van der Waals surface area (Å²) in [5, 5.41) is 0. The minimum atomic E-state index is -0.438. The zero-order valence-corrected chi connectivity index (χ0v) is 10.6. The molecule has 1 saturated carbocycles. The monoisotopic (exact) mass is 253 g/mol. The second kappa shape index (κ2) is 3.56. The molecule has 3 unspecified atom stereocenters. The van der Waals surface area contributed by atoms with Gasteiger partial charge in [-0.1, -0.05) is 30.4 Å². The number of carbonyl (C=O) groups is 2. The molecule has 1 spiro atoms. The third-order valence-electron chi connectivity index (χ3n) is 4.87. The van der Waals surface area contributed by atoms with E-state index in [0.29, 0.717) is 18.0 Å². The van der Waals surface area contributed by atoms with Crippen LogP contribution in [-0.4, -0.2) is 11.8 Å². The molecule has 3 atom stereocenters. The number of rotatable bonds is 1. The SMILES string of the molecule is O=C1CC2(CC3C=CC2C3)C(=O)N1c1ccccc1. The number of anilines is 1. The van der Waals surface area contributed by atoms with Crippen molar-refractivity contribution in [1.29, 1.82) is 0 Å². The number of hydrogen-bond donors (Lipinski definition) is 0. The predicted octanol–water partition coefficient (Wildman–Crippen LogP) is 2.53. The number of hydrogen-bond acceptors (Lipinski definition) is 2. The summed E-state index contributed by atoms with van der Waals surface area (Å²) in [7, 11) is 0. The number of para-hydroxylation sites is 1. The number of carbonyl (C=O) groups excluding carboxylic acids is 2. The topological polar surface area (TPSA) is 37.4 Å². The number of imide groups is 1. The average Bonchev–Trinajstić information content (AvgIpc) is 3.06. The van der Waals surface area contributed by atoms with E-state index < -0.39 is 5.41 Å². The number of nitrogens with zero attached hydrogens (tertiary/aromatic N) is 1. The van der Waals surface area contributed by atoms with Gasteiger partial charge >= 0.3 is 0 Å². The van der Waals surface area contributed by atoms with E-state index in [1.807, 2.05) is 30.3 Å². The van der Waals surface area contributed by atoms with Crippen LogP contribution in [0.25, 0.3) is 0 Å². The van der Waals surface area contributed by atoms with Gasteiger partial charge in [0.2, 0.25) is 11.8 Å². The second-order valence-electron chi connectivity index (χ2n) is 5.89. The van der Waals surface area contributed by atoms with E-state index in [1.165, 1.54) is 4.90 Å². The molecule has 0 aromatic heterocycles. The minimum absolute atomic E-state index is 0.0144. The van der Waals surface area contributed by atoms with Gasteiger partial charge in [-0.2, -0.15) is 0 Å². The molecule has 0 radical (unpaired) electrons. The van der Waals surface area contributed by atoms with Gasteiger partial charge in [0, 0.05) is 6.42 Å². The van der Waals surface area contributed by atoms with Crippen LogP contribution in [0.2, 0.25) is 0 Å². The third kappa shape index (κ3) is 1.33. The van der Waals surface area contributed by atoms with Crippen LogP contribution in [0.5, 0.6) is 0 Å². The first-order valence-corrected chi connectivity index (χ1v) is 6.81. The van der Waals surface area contributed by atoms with E-state index >= 15 is 0 Å². The van der Waals surface area contributed by atoms with E-state index in [1.54, 1.807) is 0 Å². The fourth-order valence-corrected chi connectivity index (χ4v) is 4.00. The van der Waals surface area contributed by atoms with Crippen molar-refractivity contribution in [1.82, 2.24) is 0 Å². The highest BCUT2D eigenvalue weighted by atomic mass is 16.2. The first kappa shape index (κ1) is 11.0. The normalized spacial score (nSPS) is 35.9. The highest BCUT2D eigenvalue weighted by molar-refractivity contribution is 6.22.